The zero-order valence-corrected chi connectivity index (χ0v) is 12.6. The minimum absolute atomic E-state index is 0.127. The summed E-state index contributed by atoms with van der Waals surface area (Å²) in [6.07, 6.45) is 3.32. The van der Waals surface area contributed by atoms with Gasteiger partial charge in [-0.2, -0.15) is 15.0 Å². The molecule has 0 aliphatic rings. The Morgan fingerprint density at radius 3 is 2.76 bits per heavy atom. The third-order valence-electron chi connectivity index (χ3n) is 2.74. The lowest BCUT2D eigenvalue weighted by Crippen LogP contribution is -2.20. The van der Waals surface area contributed by atoms with Gasteiger partial charge in [0, 0.05) is 19.5 Å². The quantitative estimate of drug-likeness (QED) is 0.772. The molecule has 0 bridgehead atoms. The van der Waals surface area contributed by atoms with Crippen LogP contribution >= 0.6 is 0 Å². The third-order valence-corrected chi connectivity index (χ3v) is 2.74. The van der Waals surface area contributed by atoms with Crippen molar-refractivity contribution < 1.29 is 9.15 Å². The summed E-state index contributed by atoms with van der Waals surface area (Å²) in [7, 11) is 1.76. The topological polar surface area (TPSA) is 85.1 Å². The lowest BCUT2D eigenvalue weighted by molar-refractivity contribution is 0.292. The van der Waals surface area contributed by atoms with E-state index in [-0.39, 0.29) is 6.04 Å². The Labute approximate surface area is 124 Å². The SMILES string of the molecule is CCCOc1nc(NC)nc(NC(C)Cc2ccco2)n1. The Bertz CT molecular complexity index is 544. The predicted octanol–water partition coefficient (Wildman–Crippen LogP) is 2.34. The summed E-state index contributed by atoms with van der Waals surface area (Å²) in [6, 6.07) is 4.27. The Kier molecular flexibility index (Phi) is 5.36. The van der Waals surface area contributed by atoms with Crippen LogP contribution in [0, 0.1) is 0 Å². The van der Waals surface area contributed by atoms with E-state index in [0.717, 1.165) is 18.6 Å². The minimum atomic E-state index is 0.127. The standard InChI is InChI=1S/C14H21N5O2/c1-4-7-21-14-18-12(15-3)17-13(19-14)16-10(2)9-11-6-5-8-20-11/h5-6,8,10H,4,7,9H2,1-3H3,(H2,15,16,17,18,19). The van der Waals surface area contributed by atoms with Crippen LogP contribution in [0.2, 0.25) is 0 Å². The molecule has 2 aromatic rings. The second kappa shape index (κ2) is 7.47. The van der Waals surface area contributed by atoms with Gasteiger partial charge < -0.3 is 19.8 Å². The van der Waals surface area contributed by atoms with Gasteiger partial charge in [0.15, 0.2) is 0 Å². The van der Waals surface area contributed by atoms with Crippen molar-refractivity contribution in [2.24, 2.45) is 0 Å². The van der Waals surface area contributed by atoms with Crippen molar-refractivity contribution in [1.29, 1.82) is 0 Å². The molecule has 7 heteroatoms. The van der Waals surface area contributed by atoms with E-state index < -0.39 is 0 Å². The van der Waals surface area contributed by atoms with Crippen molar-refractivity contribution in [2.75, 3.05) is 24.3 Å². The van der Waals surface area contributed by atoms with E-state index in [9.17, 15) is 0 Å². The minimum Gasteiger partial charge on any atom is -0.469 e. The van der Waals surface area contributed by atoms with E-state index in [2.05, 4.69) is 25.6 Å². The number of nitrogens with zero attached hydrogens (tertiary/aromatic N) is 3. The van der Waals surface area contributed by atoms with E-state index in [1.165, 1.54) is 0 Å². The average molecular weight is 291 g/mol. The van der Waals surface area contributed by atoms with Gasteiger partial charge >= 0.3 is 6.01 Å². The molecule has 2 aromatic heterocycles. The number of aromatic nitrogens is 3. The van der Waals surface area contributed by atoms with Gasteiger partial charge in [-0.05, 0) is 25.5 Å². The summed E-state index contributed by atoms with van der Waals surface area (Å²) in [4.78, 5) is 12.7. The van der Waals surface area contributed by atoms with Crippen molar-refractivity contribution in [2.45, 2.75) is 32.7 Å². The zero-order valence-electron chi connectivity index (χ0n) is 12.6. The van der Waals surface area contributed by atoms with E-state index in [4.69, 9.17) is 9.15 Å². The van der Waals surface area contributed by atoms with Crippen LogP contribution in [0.3, 0.4) is 0 Å². The maximum Gasteiger partial charge on any atom is 0.323 e. The fraction of sp³-hybridized carbons (Fsp3) is 0.500. The summed E-state index contributed by atoms with van der Waals surface area (Å²) in [5.74, 6) is 1.88. The summed E-state index contributed by atoms with van der Waals surface area (Å²) in [5, 5.41) is 6.13. The van der Waals surface area contributed by atoms with E-state index in [1.54, 1.807) is 13.3 Å². The van der Waals surface area contributed by atoms with Crippen LogP contribution in [0.15, 0.2) is 22.8 Å². The predicted molar refractivity (Wildman–Crippen MR) is 80.7 cm³/mol. The summed E-state index contributed by atoms with van der Waals surface area (Å²) < 4.78 is 10.8. The summed E-state index contributed by atoms with van der Waals surface area (Å²) in [6.45, 7) is 4.65. The number of ether oxygens (including phenoxy) is 1. The van der Waals surface area contributed by atoms with Crippen molar-refractivity contribution in [3.05, 3.63) is 24.2 Å². The molecule has 0 saturated heterocycles. The molecular weight excluding hydrogens is 270 g/mol. The first-order valence-corrected chi connectivity index (χ1v) is 7.06. The first-order chi connectivity index (χ1) is 10.2. The first kappa shape index (κ1) is 15.1. The van der Waals surface area contributed by atoms with Crippen LogP contribution in [-0.2, 0) is 6.42 Å². The van der Waals surface area contributed by atoms with Crippen LogP contribution in [-0.4, -0.2) is 34.6 Å². The highest BCUT2D eigenvalue weighted by Gasteiger charge is 2.11. The molecule has 0 aromatic carbocycles. The number of rotatable bonds is 8. The molecular formula is C14H21N5O2. The molecule has 2 heterocycles. The molecule has 0 spiro atoms. The van der Waals surface area contributed by atoms with Gasteiger partial charge in [-0.1, -0.05) is 6.92 Å². The maximum absolute atomic E-state index is 5.47. The molecule has 1 atom stereocenters. The molecule has 2 rings (SSSR count). The fourth-order valence-corrected chi connectivity index (χ4v) is 1.79. The Balaban J connectivity index is 2.03. The average Bonchev–Trinajstić information content (AvgIpc) is 2.97. The lowest BCUT2D eigenvalue weighted by Gasteiger charge is -2.13. The number of hydrogen-bond acceptors (Lipinski definition) is 7. The monoisotopic (exact) mass is 291 g/mol. The highest BCUT2D eigenvalue weighted by molar-refractivity contribution is 5.36. The summed E-state index contributed by atoms with van der Waals surface area (Å²) >= 11 is 0. The number of hydrogen-bond donors (Lipinski definition) is 2. The highest BCUT2D eigenvalue weighted by atomic mass is 16.5. The van der Waals surface area contributed by atoms with E-state index >= 15 is 0 Å². The fourth-order valence-electron chi connectivity index (χ4n) is 1.79. The van der Waals surface area contributed by atoms with Gasteiger partial charge in [0.1, 0.15) is 5.76 Å². The molecule has 0 fully saturated rings. The molecule has 0 amide bonds. The molecule has 0 saturated carbocycles. The zero-order chi connectivity index (χ0) is 15.1. The smallest absolute Gasteiger partial charge is 0.323 e. The Morgan fingerprint density at radius 2 is 2.10 bits per heavy atom. The van der Waals surface area contributed by atoms with Crippen molar-refractivity contribution in [1.82, 2.24) is 15.0 Å². The molecule has 7 nitrogen and oxygen atoms in total. The van der Waals surface area contributed by atoms with Gasteiger partial charge in [-0.25, -0.2) is 0 Å². The molecule has 0 aliphatic heterocycles. The molecule has 0 aliphatic carbocycles. The second-order valence-electron chi connectivity index (χ2n) is 4.69. The van der Waals surface area contributed by atoms with Crippen LogP contribution in [0.1, 0.15) is 26.0 Å². The van der Waals surface area contributed by atoms with Crippen LogP contribution in [0.25, 0.3) is 0 Å². The van der Waals surface area contributed by atoms with Crippen LogP contribution in [0.4, 0.5) is 11.9 Å². The van der Waals surface area contributed by atoms with E-state index in [0.29, 0.717) is 24.5 Å². The second-order valence-corrected chi connectivity index (χ2v) is 4.69. The van der Waals surface area contributed by atoms with E-state index in [1.807, 2.05) is 26.0 Å². The first-order valence-electron chi connectivity index (χ1n) is 7.06. The number of furan rings is 1. The molecule has 0 radical (unpaired) electrons. The van der Waals surface area contributed by atoms with Crippen LogP contribution < -0.4 is 15.4 Å². The van der Waals surface area contributed by atoms with Crippen molar-refractivity contribution in [3.63, 3.8) is 0 Å². The number of anilines is 2. The van der Waals surface area contributed by atoms with Gasteiger partial charge in [0.25, 0.3) is 0 Å². The number of nitrogens with one attached hydrogen (secondary N) is 2. The highest BCUT2D eigenvalue weighted by Crippen LogP contribution is 2.13. The Morgan fingerprint density at radius 1 is 1.29 bits per heavy atom. The Hall–Kier alpha value is -2.31. The lowest BCUT2D eigenvalue weighted by atomic mass is 10.2. The molecule has 2 N–H and O–H groups in total. The largest absolute Gasteiger partial charge is 0.469 e. The van der Waals surface area contributed by atoms with Crippen molar-refractivity contribution >= 4 is 11.9 Å². The maximum atomic E-state index is 5.47. The molecule has 114 valence electrons. The normalized spacial score (nSPS) is 12.0. The van der Waals surface area contributed by atoms with Gasteiger partial charge in [-0.3, -0.25) is 0 Å². The van der Waals surface area contributed by atoms with Crippen LogP contribution in [0.5, 0.6) is 6.01 Å². The molecule has 1 unspecified atom stereocenters. The third kappa shape index (κ3) is 4.62. The van der Waals surface area contributed by atoms with Gasteiger partial charge in [0.2, 0.25) is 11.9 Å². The van der Waals surface area contributed by atoms with Gasteiger partial charge in [0.05, 0.1) is 12.9 Å². The molecule has 21 heavy (non-hydrogen) atoms. The van der Waals surface area contributed by atoms with Gasteiger partial charge in [-0.15, -0.1) is 0 Å². The summed E-state index contributed by atoms with van der Waals surface area (Å²) in [5.41, 5.74) is 0. The van der Waals surface area contributed by atoms with Crippen molar-refractivity contribution in [3.8, 4) is 6.01 Å².